The molecule has 3 aromatic rings. The maximum Gasteiger partial charge on any atom is 0.0794 e. The molecule has 2 heterocycles. The summed E-state index contributed by atoms with van der Waals surface area (Å²) in [6.07, 6.45) is 4.18. The van der Waals surface area contributed by atoms with E-state index in [2.05, 4.69) is 45.3 Å². The number of hydrogen-bond acceptors (Lipinski definition) is 4. The van der Waals surface area contributed by atoms with Crippen molar-refractivity contribution in [1.82, 2.24) is 14.9 Å². The highest BCUT2D eigenvalue weighted by molar-refractivity contribution is 7.09. The highest BCUT2D eigenvalue weighted by Gasteiger charge is 2.08. The van der Waals surface area contributed by atoms with Crippen molar-refractivity contribution in [2.45, 2.75) is 13.1 Å². The average molecular weight is 301 g/mol. The molecular weight excluding hydrogens is 282 g/mol. The lowest BCUT2D eigenvalue weighted by atomic mass is 10.2. The smallest absolute Gasteiger partial charge is 0.0794 e. The Morgan fingerprint density at radius 2 is 2.24 bits per heavy atom. The van der Waals surface area contributed by atoms with E-state index < -0.39 is 0 Å². The van der Waals surface area contributed by atoms with Crippen molar-refractivity contribution in [3.8, 4) is 0 Å². The van der Waals surface area contributed by atoms with E-state index in [1.54, 1.807) is 18.4 Å². The Balaban J connectivity index is 1.83. The molecule has 0 aliphatic heterocycles. The van der Waals surface area contributed by atoms with Gasteiger partial charge in [0, 0.05) is 48.4 Å². The lowest BCUT2D eigenvalue weighted by Crippen LogP contribution is -2.18. The second kappa shape index (κ2) is 6.85. The highest BCUT2D eigenvalue weighted by Crippen LogP contribution is 2.23. The molecule has 0 aliphatic carbocycles. The quantitative estimate of drug-likeness (QED) is 0.682. The molecule has 0 spiro atoms. The van der Waals surface area contributed by atoms with Crippen molar-refractivity contribution in [1.29, 1.82) is 0 Å². The van der Waals surface area contributed by atoms with Gasteiger partial charge in [-0.1, -0.05) is 18.2 Å². The van der Waals surface area contributed by atoms with Gasteiger partial charge in [0.1, 0.15) is 0 Å². The van der Waals surface area contributed by atoms with Gasteiger partial charge in [-0.2, -0.15) is 0 Å². The van der Waals surface area contributed by atoms with Gasteiger partial charge in [-0.05, 0) is 11.6 Å². The first-order valence-electron chi connectivity index (χ1n) is 7.02. The van der Waals surface area contributed by atoms with Gasteiger partial charge in [0.05, 0.1) is 18.7 Å². The van der Waals surface area contributed by atoms with Crippen molar-refractivity contribution in [3.05, 3.63) is 52.6 Å². The van der Waals surface area contributed by atoms with Crippen molar-refractivity contribution in [2.75, 3.05) is 20.3 Å². The van der Waals surface area contributed by atoms with Gasteiger partial charge in [0.15, 0.2) is 0 Å². The largest absolute Gasteiger partial charge is 0.383 e. The highest BCUT2D eigenvalue weighted by atomic mass is 32.1. The molecular formula is C16H19N3OS. The van der Waals surface area contributed by atoms with E-state index in [1.165, 1.54) is 21.3 Å². The van der Waals surface area contributed by atoms with E-state index in [4.69, 9.17) is 4.74 Å². The summed E-state index contributed by atoms with van der Waals surface area (Å²) in [6.45, 7) is 3.34. The van der Waals surface area contributed by atoms with Gasteiger partial charge in [-0.25, -0.2) is 0 Å². The zero-order valence-electron chi connectivity index (χ0n) is 12.1. The van der Waals surface area contributed by atoms with Crippen LogP contribution in [0.1, 0.15) is 10.4 Å². The topological polar surface area (TPSA) is 39.1 Å². The summed E-state index contributed by atoms with van der Waals surface area (Å²) < 4.78 is 7.37. The van der Waals surface area contributed by atoms with Crippen LogP contribution in [0.4, 0.5) is 0 Å². The molecule has 1 N–H and O–H groups in total. The van der Waals surface area contributed by atoms with Gasteiger partial charge < -0.3 is 14.6 Å². The third-order valence-electron chi connectivity index (χ3n) is 3.48. The fraction of sp³-hybridized carbons (Fsp3) is 0.312. The number of nitrogens with zero attached hydrogens (tertiary/aromatic N) is 2. The molecule has 3 rings (SSSR count). The molecule has 0 amide bonds. The second-order valence-electron chi connectivity index (χ2n) is 4.94. The molecule has 5 heteroatoms. The average Bonchev–Trinajstić information content (AvgIpc) is 3.13. The first-order chi connectivity index (χ1) is 10.4. The van der Waals surface area contributed by atoms with Crippen LogP contribution >= 0.6 is 11.3 Å². The molecule has 0 saturated carbocycles. The Morgan fingerprint density at radius 3 is 3.05 bits per heavy atom. The fourth-order valence-electron chi connectivity index (χ4n) is 2.48. The van der Waals surface area contributed by atoms with Gasteiger partial charge in [0.25, 0.3) is 0 Å². The van der Waals surface area contributed by atoms with E-state index >= 15 is 0 Å². The summed E-state index contributed by atoms with van der Waals surface area (Å²) in [7, 11) is 1.72. The summed E-state index contributed by atoms with van der Waals surface area (Å²) in [5, 5.41) is 4.73. The van der Waals surface area contributed by atoms with Crippen molar-refractivity contribution in [3.63, 3.8) is 0 Å². The molecule has 21 heavy (non-hydrogen) atoms. The number of nitrogens with one attached hydrogen (secondary N) is 1. The maximum absolute atomic E-state index is 5.07. The van der Waals surface area contributed by atoms with Crippen LogP contribution in [0.3, 0.4) is 0 Å². The normalized spacial score (nSPS) is 11.3. The van der Waals surface area contributed by atoms with Gasteiger partial charge in [0.2, 0.25) is 0 Å². The first kappa shape index (κ1) is 14.3. The Morgan fingerprint density at radius 1 is 1.33 bits per heavy atom. The van der Waals surface area contributed by atoms with Crippen LogP contribution in [-0.2, 0) is 17.8 Å². The predicted molar refractivity (Wildman–Crippen MR) is 86.7 cm³/mol. The van der Waals surface area contributed by atoms with E-state index in [-0.39, 0.29) is 0 Å². The number of methoxy groups -OCH3 is 1. The minimum Gasteiger partial charge on any atom is -0.383 e. The van der Waals surface area contributed by atoms with E-state index in [0.717, 1.165) is 26.2 Å². The number of thiazole rings is 1. The minimum absolute atomic E-state index is 0.736. The lowest BCUT2D eigenvalue weighted by molar-refractivity contribution is 0.199. The number of fused-ring (bicyclic) bond motifs is 1. The summed E-state index contributed by atoms with van der Waals surface area (Å²) in [4.78, 5) is 5.43. The van der Waals surface area contributed by atoms with Gasteiger partial charge in [-0.15, -0.1) is 11.3 Å². The number of para-hydroxylation sites is 1. The molecule has 0 unspecified atom stereocenters. The van der Waals surface area contributed by atoms with Crippen LogP contribution in [0.25, 0.3) is 10.9 Å². The SMILES string of the molecule is COCCNCc1cn(Cc2cncs2)c2ccccc12. The predicted octanol–water partition coefficient (Wildman–Crippen LogP) is 2.88. The van der Waals surface area contributed by atoms with Crippen LogP contribution in [0.15, 0.2) is 42.2 Å². The van der Waals surface area contributed by atoms with Crippen molar-refractivity contribution >= 4 is 22.2 Å². The van der Waals surface area contributed by atoms with Crippen LogP contribution in [0.2, 0.25) is 0 Å². The molecule has 0 radical (unpaired) electrons. The van der Waals surface area contributed by atoms with Gasteiger partial charge >= 0.3 is 0 Å². The van der Waals surface area contributed by atoms with E-state index in [9.17, 15) is 0 Å². The fourth-order valence-corrected chi connectivity index (χ4v) is 3.07. The molecule has 0 fully saturated rings. The van der Waals surface area contributed by atoms with Crippen molar-refractivity contribution < 1.29 is 4.74 Å². The summed E-state index contributed by atoms with van der Waals surface area (Å²) >= 11 is 1.70. The molecule has 1 aromatic carbocycles. The number of ether oxygens (including phenoxy) is 1. The zero-order chi connectivity index (χ0) is 14.5. The first-order valence-corrected chi connectivity index (χ1v) is 7.90. The van der Waals surface area contributed by atoms with Crippen molar-refractivity contribution in [2.24, 2.45) is 0 Å². The molecule has 110 valence electrons. The summed E-state index contributed by atoms with van der Waals surface area (Å²) in [6, 6.07) is 8.55. The van der Waals surface area contributed by atoms with Crippen LogP contribution < -0.4 is 5.32 Å². The molecule has 0 aliphatic rings. The molecule has 2 aromatic heterocycles. The summed E-state index contributed by atoms with van der Waals surface area (Å²) in [5.74, 6) is 0. The maximum atomic E-state index is 5.07. The number of rotatable bonds is 7. The third-order valence-corrected chi connectivity index (χ3v) is 4.24. The Kier molecular flexibility index (Phi) is 4.65. The number of benzene rings is 1. The number of hydrogen-bond donors (Lipinski definition) is 1. The Labute approximate surface area is 128 Å². The van der Waals surface area contributed by atoms with E-state index in [0.29, 0.717) is 0 Å². The lowest BCUT2D eigenvalue weighted by Gasteiger charge is -2.02. The standard InChI is InChI=1S/C16H19N3OS/c1-20-7-6-17-8-13-10-19(11-14-9-18-12-21-14)16-5-3-2-4-15(13)16/h2-5,9-10,12,17H,6-8,11H2,1H3. The zero-order valence-corrected chi connectivity index (χ0v) is 12.9. The molecule has 0 bridgehead atoms. The van der Waals surface area contributed by atoms with Crippen LogP contribution in [0.5, 0.6) is 0 Å². The molecule has 0 saturated heterocycles. The Hall–Kier alpha value is -1.69. The number of aromatic nitrogens is 2. The third kappa shape index (κ3) is 3.32. The van der Waals surface area contributed by atoms with E-state index in [1.807, 2.05) is 11.7 Å². The van der Waals surface area contributed by atoms with Crippen LogP contribution in [-0.4, -0.2) is 29.8 Å². The molecule has 0 atom stereocenters. The van der Waals surface area contributed by atoms with Crippen LogP contribution in [0, 0.1) is 0 Å². The monoisotopic (exact) mass is 301 g/mol. The summed E-state index contributed by atoms with van der Waals surface area (Å²) in [5.41, 5.74) is 4.48. The minimum atomic E-state index is 0.736. The second-order valence-corrected chi connectivity index (χ2v) is 5.91. The molecule has 4 nitrogen and oxygen atoms in total. The Bertz CT molecular complexity index is 691. The van der Waals surface area contributed by atoms with Gasteiger partial charge in [-0.3, -0.25) is 4.98 Å².